The minimum absolute atomic E-state index is 0.380. The fourth-order valence-corrected chi connectivity index (χ4v) is 0.761. The first kappa shape index (κ1) is 11.6. The summed E-state index contributed by atoms with van der Waals surface area (Å²) in [5.41, 5.74) is -5.43. The van der Waals surface area contributed by atoms with Crippen molar-refractivity contribution in [2.75, 3.05) is 13.3 Å². The van der Waals surface area contributed by atoms with E-state index in [9.17, 15) is 26.0 Å². The van der Waals surface area contributed by atoms with Crippen LogP contribution < -0.4 is 0 Å². The van der Waals surface area contributed by atoms with Crippen molar-refractivity contribution < 1.29 is 30.2 Å². The van der Waals surface area contributed by atoms with Crippen molar-refractivity contribution in [1.29, 1.82) is 0 Å². The van der Waals surface area contributed by atoms with Crippen molar-refractivity contribution in [1.82, 2.24) is 0 Å². The maximum atomic E-state index is 11.5. The van der Waals surface area contributed by atoms with Crippen LogP contribution in [0.5, 0.6) is 0 Å². The number of alkyl halides is 4. The minimum atomic E-state index is -5.54. The molecular weight excluding hydrogens is 203 g/mol. The highest BCUT2D eigenvalue weighted by Crippen LogP contribution is 2.24. The number of rotatable bonds is 4. The third-order valence-electron chi connectivity index (χ3n) is 0.800. The Bertz CT molecular complexity index is 219. The molecule has 0 N–H and O–H groups in total. The molecule has 0 rings (SSSR count). The van der Waals surface area contributed by atoms with Gasteiger partial charge in [0, 0.05) is 6.42 Å². The normalized spacial score (nSPS) is 13.3. The van der Waals surface area contributed by atoms with Gasteiger partial charge in [0.2, 0.25) is 0 Å². The SMILES string of the molecule is O=S(=O)(OCCC[18F])C(F)(F)F. The third-order valence-corrected chi connectivity index (χ3v) is 1.84. The molecule has 0 aliphatic carbocycles. The van der Waals surface area contributed by atoms with Gasteiger partial charge in [0.05, 0.1) is 13.3 Å². The molecule has 0 saturated heterocycles. The van der Waals surface area contributed by atoms with Crippen LogP contribution in [-0.4, -0.2) is 27.2 Å². The standard InChI is InChI=1S/C4H6F4O3S/c5-2-1-3-11-12(9,10)4(6,7)8/h1-3H2/i5-1. The van der Waals surface area contributed by atoms with Crippen LogP contribution in [-0.2, 0) is 14.3 Å². The molecule has 0 aromatic heterocycles. The Kier molecular flexibility index (Phi) is 3.91. The molecule has 12 heavy (non-hydrogen) atoms. The van der Waals surface area contributed by atoms with Gasteiger partial charge in [-0.1, -0.05) is 0 Å². The van der Waals surface area contributed by atoms with Crippen LogP contribution in [0, 0.1) is 0 Å². The van der Waals surface area contributed by atoms with Crippen LogP contribution >= 0.6 is 0 Å². The van der Waals surface area contributed by atoms with Gasteiger partial charge in [0.15, 0.2) is 0 Å². The number of hydrogen-bond donors (Lipinski definition) is 0. The van der Waals surface area contributed by atoms with Gasteiger partial charge in [-0.25, -0.2) is 0 Å². The van der Waals surface area contributed by atoms with Crippen LogP contribution in [0.25, 0.3) is 0 Å². The average Bonchev–Trinajstić information content (AvgIpc) is 1.85. The molecular formula is C4H6F4O3S. The summed E-state index contributed by atoms with van der Waals surface area (Å²) < 4.78 is 69.2. The molecule has 0 saturated carbocycles. The first-order chi connectivity index (χ1) is 5.31. The van der Waals surface area contributed by atoms with E-state index < -0.39 is 28.9 Å². The smallest absolute Gasteiger partial charge is 0.263 e. The summed E-state index contributed by atoms with van der Waals surface area (Å²) in [7, 11) is -5.54. The second kappa shape index (κ2) is 4.04. The monoisotopic (exact) mass is 209 g/mol. The van der Waals surface area contributed by atoms with Gasteiger partial charge >= 0.3 is 15.6 Å². The molecule has 0 radical (unpaired) electrons. The van der Waals surface area contributed by atoms with E-state index in [4.69, 9.17) is 0 Å². The third kappa shape index (κ3) is 3.35. The van der Waals surface area contributed by atoms with Gasteiger partial charge in [0.1, 0.15) is 0 Å². The van der Waals surface area contributed by atoms with Crippen molar-refractivity contribution in [2.45, 2.75) is 11.9 Å². The van der Waals surface area contributed by atoms with E-state index in [0.29, 0.717) is 0 Å². The molecule has 0 atom stereocenters. The van der Waals surface area contributed by atoms with Crippen LogP contribution in [0.3, 0.4) is 0 Å². The zero-order valence-corrected chi connectivity index (χ0v) is 6.58. The van der Waals surface area contributed by atoms with Crippen LogP contribution in [0.4, 0.5) is 17.6 Å². The summed E-state index contributed by atoms with van der Waals surface area (Å²) in [5, 5.41) is 0. The molecule has 0 heterocycles. The first-order valence-electron chi connectivity index (χ1n) is 2.83. The quantitative estimate of drug-likeness (QED) is 0.302. The largest absolute Gasteiger partial charge is 0.523 e. The summed E-state index contributed by atoms with van der Waals surface area (Å²) in [5.74, 6) is 0. The summed E-state index contributed by atoms with van der Waals surface area (Å²) in [6.45, 7) is -1.72. The number of hydrogen-bond acceptors (Lipinski definition) is 3. The zero-order chi connectivity index (χ0) is 9.83. The summed E-state index contributed by atoms with van der Waals surface area (Å²) in [4.78, 5) is 0. The predicted molar refractivity (Wildman–Crippen MR) is 31.5 cm³/mol. The van der Waals surface area contributed by atoms with E-state index in [1.54, 1.807) is 0 Å². The van der Waals surface area contributed by atoms with Crippen molar-refractivity contribution in [3.63, 3.8) is 0 Å². The lowest BCUT2D eigenvalue weighted by atomic mass is 10.5. The molecule has 0 amide bonds. The van der Waals surface area contributed by atoms with Gasteiger partial charge in [-0.05, 0) is 0 Å². The predicted octanol–water partition coefficient (Wildman–Crippen LogP) is 1.21. The lowest BCUT2D eigenvalue weighted by Crippen LogP contribution is -2.25. The average molecular weight is 209 g/mol. The van der Waals surface area contributed by atoms with Crippen molar-refractivity contribution in [3.05, 3.63) is 0 Å². The topological polar surface area (TPSA) is 43.4 Å². The van der Waals surface area contributed by atoms with Gasteiger partial charge in [-0.15, -0.1) is 0 Å². The van der Waals surface area contributed by atoms with Crippen LogP contribution in [0.1, 0.15) is 6.42 Å². The highest BCUT2D eigenvalue weighted by molar-refractivity contribution is 7.87. The second-order valence-electron chi connectivity index (χ2n) is 1.76. The summed E-state index contributed by atoms with van der Waals surface area (Å²) in [6.07, 6.45) is -0.380. The molecule has 8 heteroatoms. The molecule has 0 aliphatic heterocycles. The number of halogens is 4. The van der Waals surface area contributed by atoms with Gasteiger partial charge < -0.3 is 0 Å². The Labute approximate surface area is 66.4 Å². The fourth-order valence-electron chi connectivity index (χ4n) is 0.290. The minimum Gasteiger partial charge on any atom is -0.263 e. The van der Waals surface area contributed by atoms with Crippen LogP contribution in [0.15, 0.2) is 0 Å². The molecule has 74 valence electrons. The van der Waals surface area contributed by atoms with E-state index >= 15 is 0 Å². The van der Waals surface area contributed by atoms with Gasteiger partial charge in [-0.3, -0.25) is 8.57 Å². The molecule has 3 nitrogen and oxygen atoms in total. The Morgan fingerprint density at radius 3 is 2.08 bits per heavy atom. The maximum absolute atomic E-state index is 11.5. The van der Waals surface area contributed by atoms with Crippen LogP contribution in [0.2, 0.25) is 0 Å². The summed E-state index contributed by atoms with van der Waals surface area (Å²) in [6, 6.07) is 0. The zero-order valence-electron chi connectivity index (χ0n) is 5.77. The molecule has 0 aromatic rings. The lowest BCUT2D eigenvalue weighted by Gasteiger charge is -2.06. The molecule has 0 fully saturated rings. The van der Waals surface area contributed by atoms with Gasteiger partial charge in [0.25, 0.3) is 0 Å². The van der Waals surface area contributed by atoms with E-state index in [1.807, 2.05) is 0 Å². The van der Waals surface area contributed by atoms with Crippen molar-refractivity contribution in [3.8, 4) is 0 Å². The Balaban J connectivity index is 4.08. The molecule has 0 bridgehead atoms. The Morgan fingerprint density at radius 2 is 1.75 bits per heavy atom. The fraction of sp³-hybridized carbons (Fsp3) is 1.00. The molecule has 0 spiro atoms. The van der Waals surface area contributed by atoms with E-state index in [-0.39, 0.29) is 6.42 Å². The Hall–Kier alpha value is -0.370. The maximum Gasteiger partial charge on any atom is 0.523 e. The highest BCUT2D eigenvalue weighted by Gasteiger charge is 2.47. The molecule has 0 aliphatic rings. The molecule has 0 aromatic carbocycles. The highest BCUT2D eigenvalue weighted by atomic mass is 32.2. The first-order valence-corrected chi connectivity index (χ1v) is 4.24. The summed E-state index contributed by atoms with van der Waals surface area (Å²) >= 11 is 0. The van der Waals surface area contributed by atoms with E-state index in [1.165, 1.54) is 0 Å². The lowest BCUT2D eigenvalue weighted by molar-refractivity contribution is -0.0543. The van der Waals surface area contributed by atoms with Crippen molar-refractivity contribution in [2.24, 2.45) is 0 Å². The van der Waals surface area contributed by atoms with Crippen molar-refractivity contribution >= 4 is 10.1 Å². The van der Waals surface area contributed by atoms with Gasteiger partial charge in [-0.2, -0.15) is 21.6 Å². The van der Waals surface area contributed by atoms with E-state index in [0.717, 1.165) is 0 Å². The molecule has 0 unspecified atom stereocenters. The Morgan fingerprint density at radius 1 is 1.25 bits per heavy atom. The van der Waals surface area contributed by atoms with E-state index in [2.05, 4.69) is 4.18 Å². The second-order valence-corrected chi connectivity index (χ2v) is 3.37.